The predicted octanol–water partition coefficient (Wildman–Crippen LogP) is 3.17. The van der Waals surface area contributed by atoms with Crippen LogP contribution in [0.25, 0.3) is 0 Å². The molecule has 1 N–H and O–H groups in total. The largest absolute Gasteiger partial charge is 0.459 e. The number of esters is 2. The van der Waals surface area contributed by atoms with Crippen molar-refractivity contribution < 1.29 is 38.5 Å². The van der Waals surface area contributed by atoms with Crippen molar-refractivity contribution in [2.24, 2.45) is 23.7 Å². The van der Waals surface area contributed by atoms with E-state index in [0.717, 1.165) is 5.57 Å². The molecule has 3 aliphatic heterocycles. The quantitative estimate of drug-likeness (QED) is 0.347. The first-order valence-corrected chi connectivity index (χ1v) is 13.3. The Bertz CT molecular complexity index is 1130. The van der Waals surface area contributed by atoms with E-state index in [1.807, 2.05) is 6.92 Å². The molecule has 3 heterocycles. The van der Waals surface area contributed by atoms with Gasteiger partial charge in [0.2, 0.25) is 5.60 Å². The van der Waals surface area contributed by atoms with Crippen molar-refractivity contribution >= 4 is 23.5 Å². The van der Waals surface area contributed by atoms with Crippen molar-refractivity contribution in [2.75, 3.05) is 0 Å². The number of aliphatic hydroxyl groups is 1. The molecule has 5 aliphatic rings. The molecular formula is C29H36O8. The monoisotopic (exact) mass is 512 g/mol. The third-order valence-electron chi connectivity index (χ3n) is 9.41. The number of carbonyl (C=O) groups excluding carboxylic acids is 4. The lowest BCUT2D eigenvalue weighted by Crippen LogP contribution is -2.61. The summed E-state index contributed by atoms with van der Waals surface area (Å²) in [6, 6.07) is 0. The van der Waals surface area contributed by atoms with Crippen molar-refractivity contribution in [3.63, 3.8) is 0 Å². The highest BCUT2D eigenvalue weighted by Crippen LogP contribution is 2.55. The number of hydrogen-bond acceptors (Lipinski definition) is 8. The van der Waals surface area contributed by atoms with Gasteiger partial charge in [-0.2, -0.15) is 0 Å². The molecule has 0 bridgehead atoms. The van der Waals surface area contributed by atoms with E-state index >= 15 is 0 Å². The number of carbonyl (C=O) groups is 4. The number of ether oxygens (including phenoxy) is 3. The standard InChI is InChI=1S/C29H36O8/c1-14-10-24-21(9-8-19(14)7-6-16(3)30)29(27(33)36-24)22(18(5)31)13-28(34)15(2)11-23-20(12-25(28)37-29)17(4)26(32)35-23/h8,13-15,20-21,23-25,34H,4,6-7,9-12H2,1-3,5H3/t14-,15+,20-,21-,23-,24+,25-,28+,29-/m1/s1. The number of rotatable bonds is 4. The second-order valence-electron chi connectivity index (χ2n) is 11.7. The molecule has 9 atom stereocenters. The molecule has 1 saturated carbocycles. The highest BCUT2D eigenvalue weighted by atomic mass is 16.6. The zero-order valence-corrected chi connectivity index (χ0v) is 22.0. The van der Waals surface area contributed by atoms with Crippen LogP contribution in [-0.2, 0) is 33.4 Å². The van der Waals surface area contributed by atoms with Crippen molar-refractivity contribution in [1.29, 1.82) is 0 Å². The summed E-state index contributed by atoms with van der Waals surface area (Å²) in [5.41, 5.74) is -1.56. The summed E-state index contributed by atoms with van der Waals surface area (Å²) < 4.78 is 18.1. The topological polar surface area (TPSA) is 116 Å². The van der Waals surface area contributed by atoms with Crippen molar-refractivity contribution in [1.82, 2.24) is 0 Å². The molecule has 2 saturated heterocycles. The molecule has 3 fully saturated rings. The number of fused-ring (bicyclic) bond motifs is 4. The van der Waals surface area contributed by atoms with Crippen LogP contribution in [0, 0.1) is 23.7 Å². The molecule has 0 aromatic carbocycles. The van der Waals surface area contributed by atoms with E-state index in [1.165, 1.54) is 13.0 Å². The Labute approximate surface area is 217 Å². The lowest BCUT2D eigenvalue weighted by atomic mass is 9.69. The van der Waals surface area contributed by atoms with Gasteiger partial charge in [0.05, 0.1) is 6.10 Å². The molecule has 0 unspecified atom stereocenters. The normalized spacial score (nSPS) is 42.9. The van der Waals surface area contributed by atoms with Gasteiger partial charge in [-0.05, 0) is 63.9 Å². The molecule has 2 aliphatic carbocycles. The van der Waals surface area contributed by atoms with Crippen molar-refractivity contribution in [3.05, 3.63) is 35.5 Å². The van der Waals surface area contributed by atoms with Gasteiger partial charge in [-0.1, -0.05) is 32.1 Å². The molecule has 1 spiro atoms. The van der Waals surface area contributed by atoms with Gasteiger partial charge >= 0.3 is 11.9 Å². The molecule has 5 rings (SSSR count). The second kappa shape index (κ2) is 9.02. The summed E-state index contributed by atoms with van der Waals surface area (Å²) in [4.78, 5) is 50.6. The van der Waals surface area contributed by atoms with Crippen LogP contribution < -0.4 is 0 Å². The van der Waals surface area contributed by atoms with Gasteiger partial charge in [0.25, 0.3) is 0 Å². The lowest BCUT2D eigenvalue weighted by Gasteiger charge is -2.48. The molecular weight excluding hydrogens is 476 g/mol. The molecule has 200 valence electrons. The Balaban J connectivity index is 1.57. The van der Waals surface area contributed by atoms with Gasteiger partial charge in [-0.25, -0.2) is 9.59 Å². The molecule has 8 nitrogen and oxygen atoms in total. The van der Waals surface area contributed by atoms with Crippen molar-refractivity contribution in [3.8, 4) is 0 Å². The number of ketones is 2. The highest BCUT2D eigenvalue weighted by Gasteiger charge is 2.67. The Morgan fingerprint density at radius 2 is 1.84 bits per heavy atom. The fourth-order valence-corrected chi connectivity index (χ4v) is 7.16. The van der Waals surface area contributed by atoms with Gasteiger partial charge in [0.15, 0.2) is 5.78 Å². The maximum absolute atomic E-state index is 13.7. The molecule has 0 aromatic rings. The average molecular weight is 513 g/mol. The summed E-state index contributed by atoms with van der Waals surface area (Å²) in [5.74, 6) is -2.40. The predicted molar refractivity (Wildman–Crippen MR) is 132 cm³/mol. The molecule has 0 radical (unpaired) electrons. The highest BCUT2D eigenvalue weighted by molar-refractivity contribution is 6.04. The van der Waals surface area contributed by atoms with Crippen LogP contribution in [0.3, 0.4) is 0 Å². The number of allylic oxidation sites excluding steroid dienone is 2. The number of hydrogen-bond donors (Lipinski definition) is 1. The molecule has 0 amide bonds. The van der Waals surface area contributed by atoms with E-state index in [4.69, 9.17) is 14.2 Å². The Morgan fingerprint density at radius 3 is 2.51 bits per heavy atom. The summed E-state index contributed by atoms with van der Waals surface area (Å²) in [6.45, 7) is 10.8. The van der Waals surface area contributed by atoms with Gasteiger partial charge < -0.3 is 24.1 Å². The zero-order chi connectivity index (χ0) is 26.9. The average Bonchev–Trinajstić information content (AvgIpc) is 3.09. The summed E-state index contributed by atoms with van der Waals surface area (Å²) in [5, 5.41) is 11.9. The van der Waals surface area contributed by atoms with Crippen LogP contribution in [0.5, 0.6) is 0 Å². The van der Waals surface area contributed by atoms with Gasteiger partial charge in [0, 0.05) is 29.4 Å². The first kappa shape index (κ1) is 26.0. The van der Waals surface area contributed by atoms with Crippen LogP contribution in [0.2, 0.25) is 0 Å². The number of Topliss-reactive ketones (excluding diaryl/α,β-unsaturated/α-hetero) is 2. The van der Waals surface area contributed by atoms with Crippen LogP contribution in [0.4, 0.5) is 0 Å². The molecule has 8 heteroatoms. The summed E-state index contributed by atoms with van der Waals surface area (Å²) in [6.07, 6.45) is 4.57. The zero-order valence-electron chi connectivity index (χ0n) is 22.0. The molecule has 0 aromatic heterocycles. The maximum atomic E-state index is 13.7. The van der Waals surface area contributed by atoms with Crippen LogP contribution >= 0.6 is 0 Å². The van der Waals surface area contributed by atoms with E-state index in [9.17, 15) is 24.3 Å². The van der Waals surface area contributed by atoms with E-state index in [0.29, 0.717) is 37.7 Å². The smallest absolute Gasteiger partial charge is 0.344 e. The molecule has 37 heavy (non-hydrogen) atoms. The minimum Gasteiger partial charge on any atom is -0.459 e. The third kappa shape index (κ3) is 3.95. The fraction of sp³-hybridized carbons (Fsp3) is 0.655. The Hall–Kier alpha value is -2.58. The fourth-order valence-electron chi connectivity index (χ4n) is 7.16. The SMILES string of the molecule is C=C1C(=O)O[C@@H]2C[C@H](C)[C@@]3(O)C=C(C(C)=O)[C@@]4(O[C@@H]3C[C@H]12)C(=O)O[C@H]1C[C@@H](C)C(CCC(C)=O)=CC[C@H]14. The van der Waals surface area contributed by atoms with Crippen LogP contribution in [0.15, 0.2) is 35.5 Å². The van der Waals surface area contributed by atoms with Crippen LogP contribution in [0.1, 0.15) is 66.2 Å². The minimum absolute atomic E-state index is 0.103. The first-order valence-electron chi connectivity index (χ1n) is 13.3. The second-order valence-corrected chi connectivity index (χ2v) is 11.7. The van der Waals surface area contributed by atoms with Crippen LogP contribution in [-0.4, -0.2) is 58.1 Å². The summed E-state index contributed by atoms with van der Waals surface area (Å²) >= 11 is 0. The van der Waals surface area contributed by atoms with E-state index < -0.39 is 53.3 Å². The van der Waals surface area contributed by atoms with E-state index in [-0.39, 0.29) is 35.4 Å². The van der Waals surface area contributed by atoms with Crippen molar-refractivity contribution in [2.45, 2.75) is 95.7 Å². The minimum atomic E-state index is -1.65. The third-order valence-corrected chi connectivity index (χ3v) is 9.41. The maximum Gasteiger partial charge on any atom is 0.344 e. The van der Waals surface area contributed by atoms with Gasteiger partial charge in [-0.15, -0.1) is 0 Å². The van der Waals surface area contributed by atoms with E-state index in [1.54, 1.807) is 6.92 Å². The van der Waals surface area contributed by atoms with E-state index in [2.05, 4.69) is 19.6 Å². The van der Waals surface area contributed by atoms with Gasteiger partial charge in [-0.3, -0.25) is 4.79 Å². The first-order chi connectivity index (χ1) is 17.4. The summed E-state index contributed by atoms with van der Waals surface area (Å²) in [7, 11) is 0. The Morgan fingerprint density at radius 1 is 1.11 bits per heavy atom. The van der Waals surface area contributed by atoms with Gasteiger partial charge in [0.1, 0.15) is 23.6 Å². The Kier molecular flexibility index (Phi) is 6.35. The lowest BCUT2D eigenvalue weighted by molar-refractivity contribution is -0.196.